The minimum absolute atomic E-state index is 0.0119. The number of hydrogen-bond donors (Lipinski definition) is 1. The van der Waals surface area contributed by atoms with E-state index >= 15 is 0 Å². The Morgan fingerprint density at radius 1 is 1.23 bits per heavy atom. The van der Waals surface area contributed by atoms with Crippen LogP contribution in [0, 0.1) is 26.6 Å². The van der Waals surface area contributed by atoms with Crippen molar-refractivity contribution in [1.29, 1.82) is 5.26 Å². The summed E-state index contributed by atoms with van der Waals surface area (Å²) in [6, 6.07) is 13.4. The van der Waals surface area contributed by atoms with Gasteiger partial charge in [0.1, 0.15) is 23.2 Å². The fourth-order valence-electron chi connectivity index (χ4n) is 3.14. The van der Waals surface area contributed by atoms with Gasteiger partial charge in [0, 0.05) is 15.1 Å². The minimum atomic E-state index is -0.744. The number of ether oxygens (including phenoxy) is 1. The molecule has 1 aliphatic rings. The molecule has 0 spiro atoms. The van der Waals surface area contributed by atoms with E-state index in [1.807, 2.05) is 18.2 Å². The Bertz CT molecular complexity index is 827. The Kier molecular flexibility index (Phi) is 6.22. The van der Waals surface area contributed by atoms with Gasteiger partial charge in [-0.1, -0.05) is 18.2 Å². The number of carbonyl (C=O) groups excluding carboxylic acids is 1. The van der Waals surface area contributed by atoms with E-state index in [0.29, 0.717) is 5.56 Å². The van der Waals surface area contributed by atoms with Crippen LogP contribution in [-0.4, -0.2) is 25.0 Å². The molecule has 1 saturated heterocycles. The molecule has 4 nitrogen and oxygen atoms in total. The summed E-state index contributed by atoms with van der Waals surface area (Å²) in [4.78, 5) is 13.1. The summed E-state index contributed by atoms with van der Waals surface area (Å²) in [6.07, 6.45) is 0.835. The third-order valence-corrected chi connectivity index (χ3v) is 5.26. The second-order valence-corrected chi connectivity index (χ2v) is 7.47. The summed E-state index contributed by atoms with van der Waals surface area (Å²) in [6.45, 7) is 1.61. The van der Waals surface area contributed by atoms with Crippen LogP contribution in [0.1, 0.15) is 28.8 Å². The standard InChI is InChI=1S/C20H18FIN2O2/c21-17-2-1-3-18(16(17)12-23)26-20(14-8-10-24-11-9-14)19(25)13-4-6-15(22)7-5-13/h1-7,14,20,24H,8-11H2. The normalized spacial score (nSPS) is 15.9. The molecular formula is C20H18FIN2O2. The van der Waals surface area contributed by atoms with Crippen LogP contribution in [0.25, 0.3) is 0 Å². The van der Waals surface area contributed by atoms with Crippen molar-refractivity contribution in [2.45, 2.75) is 18.9 Å². The summed E-state index contributed by atoms with van der Waals surface area (Å²) in [5, 5.41) is 12.5. The number of ketones is 1. The average molecular weight is 464 g/mol. The molecule has 0 bridgehead atoms. The smallest absolute Gasteiger partial charge is 0.203 e. The molecule has 0 saturated carbocycles. The van der Waals surface area contributed by atoms with E-state index in [-0.39, 0.29) is 23.0 Å². The fourth-order valence-corrected chi connectivity index (χ4v) is 3.50. The lowest BCUT2D eigenvalue weighted by Gasteiger charge is -2.30. The van der Waals surface area contributed by atoms with Crippen molar-refractivity contribution in [2.24, 2.45) is 5.92 Å². The van der Waals surface area contributed by atoms with Crippen molar-refractivity contribution < 1.29 is 13.9 Å². The number of hydrogen-bond acceptors (Lipinski definition) is 4. The molecule has 2 aromatic rings. The van der Waals surface area contributed by atoms with Gasteiger partial charge >= 0.3 is 0 Å². The van der Waals surface area contributed by atoms with E-state index < -0.39 is 11.9 Å². The number of Topliss-reactive ketones (excluding diaryl/α,β-unsaturated/α-hetero) is 1. The number of carbonyl (C=O) groups is 1. The molecule has 0 radical (unpaired) electrons. The first-order chi connectivity index (χ1) is 12.6. The highest BCUT2D eigenvalue weighted by Gasteiger charge is 2.33. The zero-order chi connectivity index (χ0) is 18.5. The highest BCUT2D eigenvalue weighted by atomic mass is 127. The summed E-state index contributed by atoms with van der Waals surface area (Å²) in [7, 11) is 0. The number of nitrogens with one attached hydrogen (secondary N) is 1. The Hall–Kier alpha value is -1.98. The van der Waals surface area contributed by atoms with Crippen LogP contribution in [0.3, 0.4) is 0 Å². The van der Waals surface area contributed by atoms with Gasteiger partial charge < -0.3 is 10.1 Å². The van der Waals surface area contributed by atoms with Gasteiger partial charge in [-0.3, -0.25) is 4.79 Å². The number of piperidine rings is 1. The first kappa shape index (κ1) is 18.8. The van der Waals surface area contributed by atoms with Crippen LogP contribution >= 0.6 is 22.6 Å². The molecule has 6 heteroatoms. The molecule has 26 heavy (non-hydrogen) atoms. The van der Waals surface area contributed by atoms with E-state index in [4.69, 9.17) is 4.74 Å². The molecule has 3 rings (SSSR count). The van der Waals surface area contributed by atoms with Crippen molar-refractivity contribution in [2.75, 3.05) is 13.1 Å². The molecule has 1 N–H and O–H groups in total. The zero-order valence-corrected chi connectivity index (χ0v) is 16.2. The molecule has 1 atom stereocenters. The minimum Gasteiger partial charge on any atom is -0.480 e. The zero-order valence-electron chi connectivity index (χ0n) is 14.0. The molecule has 0 aromatic heterocycles. The number of benzene rings is 2. The fraction of sp³-hybridized carbons (Fsp3) is 0.300. The van der Waals surface area contributed by atoms with Crippen LogP contribution in [0.2, 0.25) is 0 Å². The van der Waals surface area contributed by atoms with Gasteiger partial charge in [0.05, 0.1) is 0 Å². The lowest BCUT2D eigenvalue weighted by atomic mass is 9.87. The van der Waals surface area contributed by atoms with Crippen LogP contribution in [-0.2, 0) is 0 Å². The third-order valence-electron chi connectivity index (χ3n) is 4.54. The number of halogens is 2. The lowest BCUT2D eigenvalue weighted by molar-refractivity contribution is 0.0626. The largest absolute Gasteiger partial charge is 0.480 e. The van der Waals surface area contributed by atoms with E-state index in [1.54, 1.807) is 12.1 Å². The molecule has 1 fully saturated rings. The summed E-state index contributed by atoms with van der Waals surface area (Å²) in [5.41, 5.74) is 0.394. The molecule has 1 heterocycles. The summed E-state index contributed by atoms with van der Waals surface area (Å²) < 4.78 is 20.9. The van der Waals surface area contributed by atoms with E-state index in [1.165, 1.54) is 18.2 Å². The second kappa shape index (κ2) is 8.60. The van der Waals surface area contributed by atoms with Crippen molar-refractivity contribution in [1.82, 2.24) is 5.32 Å². The lowest BCUT2D eigenvalue weighted by Crippen LogP contribution is -2.41. The Morgan fingerprint density at radius 2 is 1.92 bits per heavy atom. The van der Waals surface area contributed by atoms with Gasteiger partial charge in [-0.2, -0.15) is 5.26 Å². The van der Waals surface area contributed by atoms with Gasteiger partial charge in [0.15, 0.2) is 6.10 Å². The van der Waals surface area contributed by atoms with Gasteiger partial charge in [0.25, 0.3) is 0 Å². The monoisotopic (exact) mass is 464 g/mol. The van der Waals surface area contributed by atoms with Crippen molar-refractivity contribution >= 4 is 28.4 Å². The Balaban J connectivity index is 1.93. The van der Waals surface area contributed by atoms with Gasteiger partial charge in [-0.05, 0) is 72.8 Å². The molecular weight excluding hydrogens is 446 g/mol. The van der Waals surface area contributed by atoms with Crippen molar-refractivity contribution in [3.8, 4) is 11.8 Å². The molecule has 0 amide bonds. The third kappa shape index (κ3) is 4.22. The van der Waals surface area contributed by atoms with Crippen LogP contribution in [0.4, 0.5) is 4.39 Å². The van der Waals surface area contributed by atoms with Crippen molar-refractivity contribution in [3.63, 3.8) is 0 Å². The average Bonchev–Trinajstić information content (AvgIpc) is 2.67. The van der Waals surface area contributed by atoms with Crippen molar-refractivity contribution in [3.05, 3.63) is 63.0 Å². The maximum Gasteiger partial charge on any atom is 0.203 e. The molecule has 134 valence electrons. The Morgan fingerprint density at radius 3 is 2.58 bits per heavy atom. The first-order valence-corrected chi connectivity index (χ1v) is 9.54. The van der Waals surface area contributed by atoms with Crippen LogP contribution in [0.5, 0.6) is 5.75 Å². The van der Waals surface area contributed by atoms with E-state index in [9.17, 15) is 14.4 Å². The highest BCUT2D eigenvalue weighted by molar-refractivity contribution is 14.1. The number of rotatable bonds is 5. The van der Waals surface area contributed by atoms with E-state index in [0.717, 1.165) is 29.5 Å². The Labute approximate surface area is 165 Å². The number of nitrogens with zero attached hydrogens (tertiary/aromatic N) is 1. The summed E-state index contributed by atoms with van der Waals surface area (Å²) in [5.74, 6) is -0.648. The van der Waals surface area contributed by atoms with Crippen LogP contribution in [0.15, 0.2) is 42.5 Å². The molecule has 1 unspecified atom stereocenters. The van der Waals surface area contributed by atoms with Gasteiger partial charge in [-0.15, -0.1) is 0 Å². The highest BCUT2D eigenvalue weighted by Crippen LogP contribution is 2.28. The molecule has 2 aromatic carbocycles. The summed E-state index contributed by atoms with van der Waals surface area (Å²) >= 11 is 2.18. The van der Waals surface area contributed by atoms with E-state index in [2.05, 4.69) is 27.9 Å². The maximum absolute atomic E-state index is 13.9. The second-order valence-electron chi connectivity index (χ2n) is 6.22. The quantitative estimate of drug-likeness (QED) is 0.538. The van der Waals surface area contributed by atoms with Crippen LogP contribution < -0.4 is 10.1 Å². The molecule has 0 aliphatic carbocycles. The molecule has 1 aliphatic heterocycles. The van der Waals surface area contributed by atoms with Gasteiger partial charge in [0.2, 0.25) is 5.78 Å². The maximum atomic E-state index is 13.9. The SMILES string of the molecule is N#Cc1c(F)cccc1OC(C(=O)c1ccc(I)cc1)C1CCNCC1. The predicted molar refractivity (Wildman–Crippen MR) is 105 cm³/mol. The number of nitriles is 1. The topological polar surface area (TPSA) is 62.1 Å². The van der Waals surface area contributed by atoms with Gasteiger partial charge in [-0.25, -0.2) is 4.39 Å². The first-order valence-electron chi connectivity index (χ1n) is 8.46. The predicted octanol–water partition coefficient (Wildman–Crippen LogP) is 3.93.